The summed E-state index contributed by atoms with van der Waals surface area (Å²) in [5.41, 5.74) is 0.894. The third-order valence-electron chi connectivity index (χ3n) is 2.61. The fraction of sp³-hybridized carbons (Fsp3) is 0.286. The van der Waals surface area contributed by atoms with E-state index < -0.39 is 6.03 Å². The van der Waals surface area contributed by atoms with Crippen molar-refractivity contribution in [3.8, 4) is 5.69 Å². The van der Waals surface area contributed by atoms with Gasteiger partial charge in [0.25, 0.3) is 0 Å². The second-order valence-corrected chi connectivity index (χ2v) is 5.34. The lowest BCUT2D eigenvalue weighted by atomic mass is 10.3. The molecule has 0 fully saturated rings. The Morgan fingerprint density at radius 3 is 2.77 bits per heavy atom. The van der Waals surface area contributed by atoms with Crippen LogP contribution >= 0.6 is 11.8 Å². The van der Waals surface area contributed by atoms with Crippen LogP contribution in [0.3, 0.4) is 0 Å². The van der Waals surface area contributed by atoms with Crippen molar-refractivity contribution in [1.82, 2.24) is 25.4 Å². The molecule has 0 unspecified atom stereocenters. The molecular formula is C14H17N5O2S. The summed E-state index contributed by atoms with van der Waals surface area (Å²) in [4.78, 5) is 27.1. The lowest BCUT2D eigenvalue weighted by Crippen LogP contribution is -2.40. The van der Waals surface area contributed by atoms with Crippen LogP contribution in [0, 0.1) is 0 Å². The van der Waals surface area contributed by atoms with Crippen LogP contribution in [0.25, 0.3) is 5.69 Å². The van der Waals surface area contributed by atoms with Crippen LogP contribution in [0.5, 0.6) is 0 Å². The number of aromatic nitrogens is 3. The highest BCUT2D eigenvalue weighted by atomic mass is 32.2. The zero-order valence-electron chi connectivity index (χ0n) is 12.2. The maximum absolute atomic E-state index is 11.6. The van der Waals surface area contributed by atoms with E-state index in [4.69, 9.17) is 0 Å². The van der Waals surface area contributed by atoms with Gasteiger partial charge in [-0.05, 0) is 18.6 Å². The van der Waals surface area contributed by atoms with Crippen LogP contribution in [0.4, 0.5) is 4.79 Å². The van der Waals surface area contributed by atoms with E-state index in [9.17, 15) is 9.59 Å². The van der Waals surface area contributed by atoms with Gasteiger partial charge in [-0.25, -0.2) is 14.5 Å². The first-order chi connectivity index (χ1) is 10.7. The number of hydrogen-bond donors (Lipinski definition) is 2. The van der Waals surface area contributed by atoms with E-state index in [0.29, 0.717) is 11.7 Å². The summed E-state index contributed by atoms with van der Waals surface area (Å²) in [7, 11) is 0. The smallest absolute Gasteiger partial charge is 0.321 e. The number of rotatable bonds is 6. The van der Waals surface area contributed by atoms with Crippen molar-refractivity contribution < 1.29 is 9.59 Å². The molecule has 3 amide bonds. The van der Waals surface area contributed by atoms with Gasteiger partial charge in [-0.2, -0.15) is 0 Å². The van der Waals surface area contributed by atoms with Gasteiger partial charge in [0, 0.05) is 6.54 Å². The Labute approximate surface area is 132 Å². The number of carbonyl (C=O) groups is 2. The molecule has 0 saturated heterocycles. The third kappa shape index (κ3) is 4.88. The van der Waals surface area contributed by atoms with E-state index in [1.165, 1.54) is 11.8 Å². The molecule has 7 nitrogen and oxygen atoms in total. The largest absolute Gasteiger partial charge is 0.338 e. The first-order valence-corrected chi connectivity index (χ1v) is 7.85. The predicted octanol–water partition coefficient (Wildman–Crippen LogP) is 1.60. The van der Waals surface area contributed by atoms with E-state index in [0.717, 1.165) is 12.1 Å². The van der Waals surface area contributed by atoms with E-state index in [2.05, 4.69) is 20.7 Å². The van der Waals surface area contributed by atoms with Crippen molar-refractivity contribution >= 4 is 23.7 Å². The van der Waals surface area contributed by atoms with Crippen molar-refractivity contribution in [2.75, 3.05) is 12.3 Å². The number of urea groups is 1. The zero-order valence-corrected chi connectivity index (χ0v) is 13.0. The third-order valence-corrected chi connectivity index (χ3v) is 3.46. The molecule has 8 heteroatoms. The number of carbonyl (C=O) groups excluding carboxylic acids is 2. The first-order valence-electron chi connectivity index (χ1n) is 6.86. The van der Waals surface area contributed by atoms with Gasteiger partial charge in [0.1, 0.15) is 6.33 Å². The minimum absolute atomic E-state index is 0.0817. The van der Waals surface area contributed by atoms with Crippen LogP contribution in [0.1, 0.15) is 13.3 Å². The topological polar surface area (TPSA) is 88.9 Å². The lowest BCUT2D eigenvalue weighted by molar-refractivity contribution is -0.117. The Balaban J connectivity index is 1.81. The van der Waals surface area contributed by atoms with Crippen molar-refractivity contribution in [2.24, 2.45) is 0 Å². The fourth-order valence-corrected chi connectivity index (χ4v) is 2.19. The monoisotopic (exact) mass is 319 g/mol. The molecule has 0 spiro atoms. The van der Waals surface area contributed by atoms with Crippen LogP contribution in [0.15, 0.2) is 41.8 Å². The Bertz CT molecular complexity index is 629. The van der Waals surface area contributed by atoms with E-state index >= 15 is 0 Å². The number of thioether (sulfide) groups is 1. The van der Waals surface area contributed by atoms with Gasteiger partial charge >= 0.3 is 6.03 Å². The second kappa shape index (κ2) is 8.18. The molecule has 0 bridgehead atoms. The summed E-state index contributed by atoms with van der Waals surface area (Å²) in [6, 6.07) is 9.08. The van der Waals surface area contributed by atoms with Crippen molar-refractivity contribution in [3.05, 3.63) is 36.7 Å². The molecule has 1 heterocycles. The summed E-state index contributed by atoms with van der Waals surface area (Å²) >= 11 is 1.17. The van der Waals surface area contributed by atoms with E-state index in [1.54, 1.807) is 11.0 Å². The maximum atomic E-state index is 11.6. The molecular weight excluding hydrogens is 302 g/mol. The molecule has 2 N–H and O–H groups in total. The van der Waals surface area contributed by atoms with E-state index in [-0.39, 0.29) is 11.7 Å². The van der Waals surface area contributed by atoms with Gasteiger partial charge in [-0.15, -0.1) is 5.10 Å². The minimum Gasteiger partial charge on any atom is -0.338 e. The van der Waals surface area contributed by atoms with Crippen LogP contribution in [-0.2, 0) is 4.79 Å². The quantitative estimate of drug-likeness (QED) is 0.789. The van der Waals surface area contributed by atoms with Gasteiger partial charge in [-0.3, -0.25) is 10.1 Å². The maximum Gasteiger partial charge on any atom is 0.321 e. The average molecular weight is 319 g/mol. The number of nitrogens with zero attached hydrogens (tertiary/aromatic N) is 3. The molecule has 2 aromatic rings. The highest BCUT2D eigenvalue weighted by Crippen LogP contribution is 2.13. The number of imide groups is 1. The number of nitrogens with one attached hydrogen (secondary N) is 2. The molecule has 22 heavy (non-hydrogen) atoms. The average Bonchev–Trinajstić information content (AvgIpc) is 3.01. The SMILES string of the molecule is CCCNC(=O)NC(=O)CSc1ncn(-c2ccccc2)n1. The number of para-hydroxylation sites is 1. The normalized spacial score (nSPS) is 10.2. The Morgan fingerprint density at radius 1 is 1.27 bits per heavy atom. The second-order valence-electron chi connectivity index (χ2n) is 4.40. The summed E-state index contributed by atoms with van der Waals surface area (Å²) in [5, 5.41) is 9.57. The van der Waals surface area contributed by atoms with Crippen molar-refractivity contribution in [3.63, 3.8) is 0 Å². The van der Waals surface area contributed by atoms with E-state index in [1.807, 2.05) is 37.3 Å². The van der Waals surface area contributed by atoms with Crippen LogP contribution < -0.4 is 10.6 Å². The van der Waals surface area contributed by atoms with Gasteiger partial charge in [0.15, 0.2) is 0 Å². The Morgan fingerprint density at radius 2 is 2.05 bits per heavy atom. The molecule has 1 aromatic carbocycles. The molecule has 116 valence electrons. The summed E-state index contributed by atoms with van der Waals surface area (Å²) < 4.78 is 1.63. The predicted molar refractivity (Wildman–Crippen MR) is 83.9 cm³/mol. The minimum atomic E-state index is -0.477. The van der Waals surface area contributed by atoms with Crippen molar-refractivity contribution in [1.29, 1.82) is 0 Å². The lowest BCUT2D eigenvalue weighted by Gasteiger charge is -2.04. The molecule has 0 aliphatic heterocycles. The fourth-order valence-electron chi connectivity index (χ4n) is 1.59. The number of amides is 3. The number of benzene rings is 1. The molecule has 0 aliphatic rings. The first kappa shape index (κ1) is 16.0. The number of hydrogen-bond acceptors (Lipinski definition) is 5. The molecule has 0 saturated carbocycles. The zero-order chi connectivity index (χ0) is 15.8. The van der Waals surface area contributed by atoms with Gasteiger partial charge in [-0.1, -0.05) is 36.9 Å². The molecule has 2 rings (SSSR count). The van der Waals surface area contributed by atoms with Gasteiger partial charge in [0.2, 0.25) is 11.1 Å². The van der Waals surface area contributed by atoms with Crippen LogP contribution in [0.2, 0.25) is 0 Å². The molecule has 0 atom stereocenters. The molecule has 0 aliphatic carbocycles. The van der Waals surface area contributed by atoms with Crippen molar-refractivity contribution in [2.45, 2.75) is 18.5 Å². The summed E-state index contributed by atoms with van der Waals surface area (Å²) in [6.45, 7) is 2.47. The summed E-state index contributed by atoms with van der Waals surface area (Å²) in [5.74, 6) is -0.298. The highest BCUT2D eigenvalue weighted by molar-refractivity contribution is 7.99. The van der Waals surface area contributed by atoms with Gasteiger partial charge < -0.3 is 5.32 Å². The Hall–Kier alpha value is -2.35. The summed E-state index contributed by atoms with van der Waals surface area (Å²) in [6.07, 6.45) is 2.40. The van der Waals surface area contributed by atoms with Gasteiger partial charge in [0.05, 0.1) is 11.4 Å². The van der Waals surface area contributed by atoms with Crippen LogP contribution in [-0.4, -0.2) is 39.0 Å². The molecule has 1 aromatic heterocycles. The highest BCUT2D eigenvalue weighted by Gasteiger charge is 2.10. The molecule has 0 radical (unpaired) electrons. The standard InChI is InChI=1S/C14H17N5O2S/c1-2-8-15-13(21)17-12(20)9-22-14-16-10-19(18-14)11-6-4-3-5-7-11/h3-7,10H,2,8-9H2,1H3,(H2,15,17,20,21). The Kier molecular flexibility index (Phi) is 5.96.